The van der Waals surface area contributed by atoms with Crippen LogP contribution < -0.4 is 0 Å². The lowest BCUT2D eigenvalue weighted by Gasteiger charge is -2.19. The van der Waals surface area contributed by atoms with Gasteiger partial charge in [0.1, 0.15) is 5.25 Å². The quantitative estimate of drug-likeness (QED) is 0.533. The van der Waals surface area contributed by atoms with Gasteiger partial charge in [0.15, 0.2) is 0 Å². The van der Waals surface area contributed by atoms with E-state index >= 15 is 0 Å². The van der Waals surface area contributed by atoms with E-state index in [1.807, 2.05) is 0 Å². The smallest absolute Gasteiger partial charge is 0.272 e. The Labute approximate surface area is 59.9 Å². The van der Waals surface area contributed by atoms with Gasteiger partial charge in [0.2, 0.25) is 0 Å². The predicted molar refractivity (Wildman–Crippen MR) is 35.0 cm³/mol. The van der Waals surface area contributed by atoms with Gasteiger partial charge < -0.3 is 5.11 Å². The third kappa shape index (κ3) is 1.47. The van der Waals surface area contributed by atoms with E-state index in [0.29, 0.717) is 12.8 Å². The van der Waals surface area contributed by atoms with Crippen molar-refractivity contribution < 1.29 is 17.7 Å². The predicted octanol–water partition coefficient (Wildman–Crippen LogP) is -0.512. The average molecular weight is 166 g/mol. The molecule has 0 amide bonds. The number of rotatable bonds is 1. The highest BCUT2D eigenvalue weighted by atomic mass is 32.2. The summed E-state index contributed by atoms with van der Waals surface area (Å²) in [4.78, 5) is 0. The molecule has 4 nitrogen and oxygen atoms in total. The van der Waals surface area contributed by atoms with E-state index in [9.17, 15) is 8.42 Å². The van der Waals surface area contributed by atoms with Gasteiger partial charge in [0.25, 0.3) is 10.1 Å². The van der Waals surface area contributed by atoms with E-state index in [1.165, 1.54) is 0 Å². The van der Waals surface area contributed by atoms with Gasteiger partial charge in [0.05, 0.1) is 13.2 Å². The van der Waals surface area contributed by atoms with E-state index < -0.39 is 15.4 Å². The van der Waals surface area contributed by atoms with Crippen LogP contribution in [0.3, 0.4) is 0 Å². The summed E-state index contributed by atoms with van der Waals surface area (Å²) in [6, 6.07) is 0. The molecule has 0 radical (unpaired) electrons. The van der Waals surface area contributed by atoms with E-state index in [2.05, 4.69) is 4.18 Å². The second-order valence-electron chi connectivity index (χ2n) is 2.26. The van der Waals surface area contributed by atoms with Crippen LogP contribution in [0.5, 0.6) is 0 Å². The summed E-state index contributed by atoms with van der Waals surface area (Å²) < 4.78 is 26.1. The Bertz CT molecular complexity index is 196. The molecule has 0 aromatic carbocycles. The van der Waals surface area contributed by atoms with Gasteiger partial charge in [-0.3, -0.25) is 4.18 Å². The van der Waals surface area contributed by atoms with Gasteiger partial charge in [-0.15, -0.1) is 0 Å². The molecule has 5 heteroatoms. The lowest BCUT2D eigenvalue weighted by atomic mass is 10.2. The van der Waals surface area contributed by atoms with Crippen molar-refractivity contribution in [2.75, 3.05) is 13.2 Å². The van der Waals surface area contributed by atoms with Gasteiger partial charge in [0, 0.05) is 0 Å². The lowest BCUT2D eigenvalue weighted by Crippen LogP contribution is -2.31. The van der Waals surface area contributed by atoms with Gasteiger partial charge in [-0.2, -0.15) is 8.42 Å². The van der Waals surface area contributed by atoms with Crippen LogP contribution in [0.1, 0.15) is 12.8 Å². The van der Waals surface area contributed by atoms with Gasteiger partial charge in [-0.25, -0.2) is 0 Å². The Balaban J connectivity index is 2.70. The molecule has 1 aliphatic rings. The minimum absolute atomic E-state index is 0.263. The zero-order valence-electron chi connectivity index (χ0n) is 5.49. The fourth-order valence-corrected chi connectivity index (χ4v) is 2.09. The summed E-state index contributed by atoms with van der Waals surface area (Å²) in [5.74, 6) is 0. The molecule has 0 bridgehead atoms. The van der Waals surface area contributed by atoms with Gasteiger partial charge in [-0.05, 0) is 12.8 Å². The summed E-state index contributed by atoms with van der Waals surface area (Å²) in [7, 11) is -3.42. The van der Waals surface area contributed by atoms with Crippen LogP contribution in [0.2, 0.25) is 0 Å². The first-order valence-electron chi connectivity index (χ1n) is 3.16. The summed E-state index contributed by atoms with van der Waals surface area (Å²) >= 11 is 0. The van der Waals surface area contributed by atoms with Crippen LogP contribution in [0, 0.1) is 0 Å². The van der Waals surface area contributed by atoms with Crippen molar-refractivity contribution in [3.63, 3.8) is 0 Å². The van der Waals surface area contributed by atoms with Crippen molar-refractivity contribution in [1.82, 2.24) is 0 Å². The van der Waals surface area contributed by atoms with Crippen molar-refractivity contribution >= 4 is 10.1 Å². The summed E-state index contributed by atoms with van der Waals surface area (Å²) in [5, 5.41) is 7.87. The van der Waals surface area contributed by atoms with E-state index in [0.717, 1.165) is 0 Å². The molecule has 0 aromatic rings. The molecule has 1 unspecified atom stereocenters. The van der Waals surface area contributed by atoms with E-state index in [4.69, 9.17) is 5.11 Å². The summed E-state index contributed by atoms with van der Waals surface area (Å²) in [6.07, 6.45) is 1.23. The number of hydrogen-bond donors (Lipinski definition) is 1. The molecule has 1 aliphatic heterocycles. The van der Waals surface area contributed by atoms with Crippen LogP contribution in [0.15, 0.2) is 0 Å². The molecule has 1 fully saturated rings. The number of hydrogen-bond acceptors (Lipinski definition) is 4. The first-order valence-corrected chi connectivity index (χ1v) is 4.63. The van der Waals surface area contributed by atoms with Crippen molar-refractivity contribution in [3.05, 3.63) is 0 Å². The normalized spacial score (nSPS) is 31.9. The molecule has 1 N–H and O–H groups in total. The topological polar surface area (TPSA) is 63.6 Å². The maximum absolute atomic E-state index is 10.8. The molecule has 10 heavy (non-hydrogen) atoms. The zero-order valence-corrected chi connectivity index (χ0v) is 6.30. The highest BCUT2D eigenvalue weighted by Gasteiger charge is 2.28. The third-order valence-corrected chi connectivity index (χ3v) is 3.23. The molecule has 0 spiro atoms. The van der Waals surface area contributed by atoms with Crippen LogP contribution in [-0.2, 0) is 14.3 Å². The van der Waals surface area contributed by atoms with Crippen molar-refractivity contribution in [1.29, 1.82) is 0 Å². The first-order chi connectivity index (χ1) is 4.67. The highest BCUT2D eigenvalue weighted by Crippen LogP contribution is 2.16. The van der Waals surface area contributed by atoms with Crippen molar-refractivity contribution in [3.8, 4) is 0 Å². The standard InChI is InChI=1S/C5H10O4S/c6-4-5-2-1-3-9-10(5,7)8/h5-6H,1-4H2. The maximum atomic E-state index is 10.8. The van der Waals surface area contributed by atoms with E-state index in [-0.39, 0.29) is 13.2 Å². The molecule has 1 rings (SSSR count). The zero-order chi connectivity index (χ0) is 7.61. The second-order valence-corrected chi connectivity index (χ2v) is 4.15. The molecule has 1 atom stereocenters. The fourth-order valence-electron chi connectivity index (χ4n) is 0.909. The molecular weight excluding hydrogens is 156 g/mol. The van der Waals surface area contributed by atoms with Crippen LogP contribution in [-0.4, -0.2) is 32.0 Å². The second kappa shape index (κ2) is 2.86. The molecule has 0 saturated carbocycles. The Morgan fingerprint density at radius 3 is 2.70 bits per heavy atom. The molecule has 1 heterocycles. The fraction of sp³-hybridized carbons (Fsp3) is 1.00. The molecule has 60 valence electrons. The first kappa shape index (κ1) is 7.97. The lowest BCUT2D eigenvalue weighted by molar-refractivity contribution is 0.228. The Kier molecular flexibility index (Phi) is 2.28. The SMILES string of the molecule is O=S1(=O)OCCCC1CO. The third-order valence-electron chi connectivity index (χ3n) is 1.53. The van der Waals surface area contributed by atoms with Crippen molar-refractivity contribution in [2.24, 2.45) is 0 Å². The van der Waals surface area contributed by atoms with Crippen LogP contribution >= 0.6 is 0 Å². The maximum Gasteiger partial charge on any atom is 0.272 e. The average Bonchev–Trinajstić information content (AvgIpc) is 1.87. The molecule has 0 aromatic heterocycles. The van der Waals surface area contributed by atoms with Crippen molar-refractivity contribution in [2.45, 2.75) is 18.1 Å². The molecule has 0 aliphatic carbocycles. The van der Waals surface area contributed by atoms with Crippen LogP contribution in [0.25, 0.3) is 0 Å². The largest absolute Gasteiger partial charge is 0.395 e. The Morgan fingerprint density at radius 1 is 1.60 bits per heavy atom. The van der Waals surface area contributed by atoms with Gasteiger partial charge in [-0.1, -0.05) is 0 Å². The van der Waals surface area contributed by atoms with Gasteiger partial charge >= 0.3 is 0 Å². The minimum atomic E-state index is -3.42. The Hall–Kier alpha value is -0.130. The summed E-state index contributed by atoms with van der Waals surface area (Å²) in [5.41, 5.74) is 0. The number of aliphatic hydroxyl groups is 1. The molecule has 1 saturated heterocycles. The van der Waals surface area contributed by atoms with E-state index in [1.54, 1.807) is 0 Å². The minimum Gasteiger partial charge on any atom is -0.395 e. The molecular formula is C5H10O4S. The van der Waals surface area contributed by atoms with Crippen LogP contribution in [0.4, 0.5) is 0 Å². The highest BCUT2D eigenvalue weighted by molar-refractivity contribution is 7.87. The monoisotopic (exact) mass is 166 g/mol. The Morgan fingerprint density at radius 2 is 2.30 bits per heavy atom. The number of aliphatic hydroxyl groups excluding tert-OH is 1. The summed E-state index contributed by atoms with van der Waals surface area (Å²) in [6.45, 7) is -0.0683.